The highest BCUT2D eigenvalue weighted by Crippen LogP contribution is 2.48. The summed E-state index contributed by atoms with van der Waals surface area (Å²) < 4.78 is 21.5. The second-order valence-electron chi connectivity index (χ2n) is 25.3. The highest BCUT2D eigenvalue weighted by Gasteiger charge is 2.38. The van der Waals surface area contributed by atoms with Crippen molar-refractivity contribution in [1.29, 1.82) is 0 Å². The van der Waals surface area contributed by atoms with Gasteiger partial charge in [0.05, 0.1) is 17.9 Å². The number of aryl methyl sites for hydroxylation is 5. The van der Waals surface area contributed by atoms with E-state index in [1.54, 1.807) is 104 Å². The molecule has 0 saturated carbocycles. The zero-order chi connectivity index (χ0) is 74.9. The Bertz CT molecular complexity index is 4830. The quantitative estimate of drug-likeness (QED) is 0.0136. The maximum Gasteiger partial charge on any atom is 0.365 e. The van der Waals surface area contributed by atoms with Crippen LogP contribution in [0.4, 0.5) is 0 Å². The molecule has 1 heterocycles. The van der Waals surface area contributed by atoms with Crippen LogP contribution in [-0.2, 0) is 25.6 Å². The Morgan fingerprint density at radius 1 is 0.529 bits per heavy atom. The number of carbonyl (C=O) groups excluding carboxylic acids is 6. The number of benzene rings is 10. The van der Waals surface area contributed by atoms with Gasteiger partial charge in [-0.1, -0.05) is 193 Å². The van der Waals surface area contributed by atoms with Crippen molar-refractivity contribution in [2.24, 2.45) is 10.3 Å². The number of aliphatic hydroxyl groups excluding tert-OH is 1. The van der Waals surface area contributed by atoms with Crippen LogP contribution in [0.1, 0.15) is 159 Å². The van der Waals surface area contributed by atoms with Crippen LogP contribution in [0.2, 0.25) is 0 Å². The molecular weight excluding hydrogens is 1340 g/mol. The molecule has 0 unspecified atom stereocenters. The smallest absolute Gasteiger partial charge is 0.365 e. The molecule has 104 heavy (non-hydrogen) atoms. The number of oxime groups is 2. The zero-order valence-corrected chi connectivity index (χ0v) is 62.1. The molecule has 0 amide bonds. The number of aliphatic hydroxyl groups is 2. The van der Waals surface area contributed by atoms with Gasteiger partial charge in [-0.15, -0.1) is 0 Å². The molecule has 0 aliphatic rings. The third kappa shape index (κ3) is 21.0. The summed E-state index contributed by atoms with van der Waals surface area (Å²) in [5.74, 6) is -0.969. The highest BCUT2D eigenvalue weighted by atomic mass is 32.2. The van der Waals surface area contributed by atoms with Crippen molar-refractivity contribution in [2.45, 2.75) is 123 Å². The largest absolute Gasteiger partial charge is 0.491 e. The van der Waals surface area contributed by atoms with Gasteiger partial charge in [0.2, 0.25) is 18.4 Å². The number of rotatable bonds is 25. The van der Waals surface area contributed by atoms with E-state index in [1.165, 1.54) is 20.8 Å². The molecule has 11 aromatic rings. The standard InChI is InChI=1S/C27H27NO3S.C26H24N2O3.C22H21O2P.C12H16O4/c1-2-3-4-11-16-25(28-31-27(30)22-12-7-5-8-13-22)26(29)21-17-19-24(20-18-21)32-23-14-9-6-10-15-23;1-5-28-24-12-10-19(17(3)27-31-18(4)29)14-22(24)23-15-20(11-13-25(23)28)26(30)21-9-7-6-8-16(21)2;1-16-14-17(2)21(18(3)15-16)22(23)25(24,19-10-6-4-7-11-19)20-12-8-5-9-13-20;1-12(2,15)11(14)9-3-5-10(6-4-9)16-8-7-13/h5-10,12-15,17-20H,2-4,11,16H2,1H3;6-15H,5H2,1-4H3;4-15H,1-3H3;3-6,13,15H,7-8H2,1-2H3/b28-25+;27-17+;;. The summed E-state index contributed by atoms with van der Waals surface area (Å²) in [6.45, 7) is 19.0. The molecule has 0 aliphatic carbocycles. The number of fused-ring (bicyclic) bond motifs is 3. The minimum Gasteiger partial charge on any atom is -0.491 e. The fraction of sp³-hybridized carbons (Fsp3) is 0.218. The number of ketones is 3. The lowest BCUT2D eigenvalue weighted by molar-refractivity contribution is -0.140. The first-order chi connectivity index (χ1) is 50.0. The van der Waals surface area contributed by atoms with Crippen molar-refractivity contribution in [2.75, 3.05) is 13.2 Å². The molecule has 0 fully saturated rings. The number of ether oxygens (including phenoxy) is 1. The maximum absolute atomic E-state index is 14.2. The van der Waals surface area contributed by atoms with E-state index in [1.807, 2.05) is 185 Å². The fourth-order valence-electron chi connectivity index (χ4n) is 11.6. The van der Waals surface area contributed by atoms with Crippen molar-refractivity contribution in [3.63, 3.8) is 0 Å². The van der Waals surface area contributed by atoms with Gasteiger partial charge in [-0.05, 0) is 194 Å². The number of hydrogen-bond donors (Lipinski definition) is 2. The molecule has 0 radical (unpaired) electrons. The van der Waals surface area contributed by atoms with Gasteiger partial charge < -0.3 is 33.8 Å². The van der Waals surface area contributed by atoms with Crippen LogP contribution in [0.5, 0.6) is 5.75 Å². The Morgan fingerprint density at radius 2 is 1.04 bits per heavy atom. The van der Waals surface area contributed by atoms with E-state index in [4.69, 9.17) is 19.5 Å². The van der Waals surface area contributed by atoms with Crippen molar-refractivity contribution in [3.05, 3.63) is 304 Å². The predicted molar refractivity (Wildman–Crippen MR) is 417 cm³/mol. The molecule has 17 heteroatoms. The minimum atomic E-state index is -3.44. The second-order valence-corrected chi connectivity index (χ2v) is 29.1. The Labute approximate surface area is 613 Å². The molecule has 10 aromatic carbocycles. The number of aromatic nitrogens is 1. The minimum absolute atomic E-state index is 0.0150. The van der Waals surface area contributed by atoms with Gasteiger partial charge in [0.1, 0.15) is 23.7 Å². The molecule has 0 bridgehead atoms. The highest BCUT2D eigenvalue weighted by molar-refractivity contribution is 7.99. The lowest BCUT2D eigenvalue weighted by atomic mass is 9.97. The van der Waals surface area contributed by atoms with Gasteiger partial charge in [0.25, 0.3) is 0 Å². The normalized spacial score (nSPS) is 11.4. The zero-order valence-electron chi connectivity index (χ0n) is 60.4. The molecule has 534 valence electrons. The number of hydrogen-bond acceptors (Lipinski definition) is 15. The molecule has 0 saturated heterocycles. The number of Topliss-reactive ketones (excluding diaryl/α,β-unsaturated/α-hetero) is 2. The molecule has 2 N–H and O–H groups in total. The van der Waals surface area contributed by atoms with Crippen LogP contribution in [0.15, 0.2) is 263 Å². The monoisotopic (exact) mass is 1430 g/mol. The summed E-state index contributed by atoms with van der Waals surface area (Å²) in [4.78, 5) is 86.9. The summed E-state index contributed by atoms with van der Waals surface area (Å²) in [5.41, 5.74) is 9.36. The molecule has 0 aliphatic heterocycles. The van der Waals surface area contributed by atoms with Crippen molar-refractivity contribution >= 4 is 97.6 Å². The molecule has 0 spiro atoms. The van der Waals surface area contributed by atoms with Gasteiger partial charge in [-0.25, -0.2) is 9.59 Å². The van der Waals surface area contributed by atoms with E-state index in [9.17, 15) is 38.4 Å². The maximum atomic E-state index is 14.2. The summed E-state index contributed by atoms with van der Waals surface area (Å²) in [6, 6.07) is 74.3. The Hall–Kier alpha value is -10.7. The Balaban J connectivity index is 0.000000180. The van der Waals surface area contributed by atoms with Crippen LogP contribution >= 0.6 is 18.9 Å². The van der Waals surface area contributed by atoms with Crippen LogP contribution in [0, 0.1) is 27.7 Å². The summed E-state index contributed by atoms with van der Waals surface area (Å²) in [6.07, 6.45) is 4.49. The molecular formula is C87H88N3O12PS. The lowest BCUT2D eigenvalue weighted by Gasteiger charge is -2.20. The molecule has 1 aromatic heterocycles. The van der Waals surface area contributed by atoms with E-state index in [0.717, 1.165) is 91.6 Å². The SMILES string of the molecule is CC(C)(O)C(=O)c1ccc(OCCO)cc1.CCCCCC/C(=N\OC(=O)c1ccccc1)C(=O)c1ccc(Sc2ccccc2)cc1.CCn1c2ccc(C(=O)c3ccccc3C)cc2c2cc(/C(C)=N/OC(C)=O)ccc21.Cc1cc(C)c(C(=O)P(=O)(c2ccccc2)c2ccccc2)c(C)c1. The fourth-order valence-corrected chi connectivity index (χ4v) is 15.1. The van der Waals surface area contributed by atoms with E-state index in [2.05, 4.69) is 28.7 Å². The van der Waals surface area contributed by atoms with E-state index >= 15 is 0 Å². The summed E-state index contributed by atoms with van der Waals surface area (Å²) >= 11 is 1.64. The molecule has 15 nitrogen and oxygen atoms in total. The van der Waals surface area contributed by atoms with Crippen LogP contribution in [0.3, 0.4) is 0 Å². The Kier molecular flexibility index (Phi) is 28.8. The van der Waals surface area contributed by atoms with Crippen molar-refractivity contribution in [3.8, 4) is 5.75 Å². The van der Waals surface area contributed by atoms with Crippen LogP contribution in [0.25, 0.3) is 21.8 Å². The number of unbranched alkanes of at least 4 members (excludes halogenated alkanes) is 3. The summed E-state index contributed by atoms with van der Waals surface area (Å²) in [7, 11) is -3.44. The number of carbonyl (C=O) groups is 6. The first-order valence-corrected chi connectivity index (χ1v) is 37.0. The van der Waals surface area contributed by atoms with Crippen molar-refractivity contribution < 1.29 is 58.0 Å². The molecule has 11 rings (SSSR count). The Morgan fingerprint density at radius 3 is 1.58 bits per heavy atom. The predicted octanol–water partition coefficient (Wildman–Crippen LogP) is 18.6. The first kappa shape index (κ1) is 79.0. The van der Waals surface area contributed by atoms with E-state index in [-0.39, 0.29) is 41.8 Å². The number of nitrogens with zero attached hydrogens (tertiary/aromatic N) is 3. The van der Waals surface area contributed by atoms with Gasteiger partial charge in [0, 0.05) is 83.5 Å². The van der Waals surface area contributed by atoms with Gasteiger partial charge in [0.15, 0.2) is 11.6 Å². The van der Waals surface area contributed by atoms with Gasteiger partial charge in [-0.2, -0.15) is 0 Å². The van der Waals surface area contributed by atoms with Crippen LogP contribution in [-0.4, -0.2) is 79.8 Å². The topological polar surface area (TPSA) is 217 Å². The van der Waals surface area contributed by atoms with Gasteiger partial charge in [-0.3, -0.25) is 19.2 Å². The van der Waals surface area contributed by atoms with Crippen LogP contribution < -0.4 is 15.3 Å². The molecule has 0 atom stereocenters. The summed E-state index contributed by atoms with van der Waals surface area (Å²) in [5, 5.41) is 29.2. The third-order valence-corrected chi connectivity index (χ3v) is 20.7. The van der Waals surface area contributed by atoms with Crippen molar-refractivity contribution in [1.82, 2.24) is 4.57 Å². The average Bonchev–Trinajstić information content (AvgIpc) is 1.27. The third-order valence-electron chi connectivity index (χ3n) is 16.9. The van der Waals surface area contributed by atoms with E-state index < -0.39 is 24.7 Å². The average molecular weight is 1430 g/mol. The lowest BCUT2D eigenvalue weighted by Crippen LogP contribution is -2.30. The van der Waals surface area contributed by atoms with E-state index in [0.29, 0.717) is 61.9 Å². The first-order valence-electron chi connectivity index (χ1n) is 34.5. The second kappa shape index (κ2) is 38.0. The van der Waals surface area contributed by atoms with Gasteiger partial charge >= 0.3 is 11.9 Å².